The van der Waals surface area contributed by atoms with E-state index in [2.05, 4.69) is 10.4 Å². The molecule has 2 heterocycles. The number of aromatic nitrogens is 2. The van der Waals surface area contributed by atoms with Crippen molar-refractivity contribution >= 4 is 5.91 Å². The maximum absolute atomic E-state index is 12.0. The Morgan fingerprint density at radius 3 is 2.72 bits per heavy atom. The number of hydrogen-bond acceptors (Lipinski definition) is 3. The second-order valence-corrected chi connectivity index (χ2v) is 4.39. The van der Waals surface area contributed by atoms with Crippen molar-refractivity contribution in [2.24, 2.45) is 7.05 Å². The minimum absolute atomic E-state index is 0.0829. The number of furan rings is 1. The molecule has 0 aliphatic heterocycles. The van der Waals surface area contributed by atoms with Crippen molar-refractivity contribution < 1.29 is 9.21 Å². The molecule has 0 aliphatic rings. The van der Waals surface area contributed by atoms with Gasteiger partial charge in [-0.05, 0) is 26.8 Å². The Kier molecular flexibility index (Phi) is 3.23. The Labute approximate surface area is 106 Å². The summed E-state index contributed by atoms with van der Waals surface area (Å²) in [6, 6.07) is 1.59. The lowest BCUT2D eigenvalue weighted by Gasteiger charge is -2.13. The first kappa shape index (κ1) is 12.4. The molecule has 96 valence electrons. The fourth-order valence-corrected chi connectivity index (χ4v) is 1.91. The highest BCUT2D eigenvalue weighted by atomic mass is 16.3. The molecule has 0 aliphatic carbocycles. The average Bonchev–Trinajstić information content (AvgIpc) is 2.87. The highest BCUT2D eigenvalue weighted by Crippen LogP contribution is 2.17. The van der Waals surface area contributed by atoms with Crippen LogP contribution in [0.2, 0.25) is 0 Å². The van der Waals surface area contributed by atoms with Gasteiger partial charge in [-0.1, -0.05) is 0 Å². The predicted molar refractivity (Wildman–Crippen MR) is 67.3 cm³/mol. The molecular weight excluding hydrogens is 230 g/mol. The van der Waals surface area contributed by atoms with Crippen LogP contribution in [0.4, 0.5) is 0 Å². The van der Waals surface area contributed by atoms with Gasteiger partial charge in [-0.25, -0.2) is 0 Å². The monoisotopic (exact) mass is 247 g/mol. The number of rotatable bonds is 3. The lowest BCUT2D eigenvalue weighted by Crippen LogP contribution is -2.27. The molecule has 1 N–H and O–H groups in total. The van der Waals surface area contributed by atoms with E-state index in [0.29, 0.717) is 11.3 Å². The van der Waals surface area contributed by atoms with E-state index >= 15 is 0 Å². The van der Waals surface area contributed by atoms with Crippen molar-refractivity contribution in [1.29, 1.82) is 0 Å². The van der Waals surface area contributed by atoms with Crippen molar-refractivity contribution in [1.82, 2.24) is 15.1 Å². The van der Waals surface area contributed by atoms with Gasteiger partial charge >= 0.3 is 0 Å². The molecule has 18 heavy (non-hydrogen) atoms. The summed E-state index contributed by atoms with van der Waals surface area (Å²) in [6.45, 7) is 5.69. The van der Waals surface area contributed by atoms with Crippen molar-refractivity contribution in [3.05, 3.63) is 41.1 Å². The van der Waals surface area contributed by atoms with Gasteiger partial charge in [0.15, 0.2) is 0 Å². The van der Waals surface area contributed by atoms with Gasteiger partial charge in [0.25, 0.3) is 5.91 Å². The van der Waals surface area contributed by atoms with Crippen molar-refractivity contribution in [2.75, 3.05) is 0 Å². The van der Waals surface area contributed by atoms with Crippen LogP contribution in [0.15, 0.2) is 22.9 Å². The largest absolute Gasteiger partial charge is 0.469 e. The summed E-state index contributed by atoms with van der Waals surface area (Å²) in [7, 11) is 1.88. The zero-order chi connectivity index (χ0) is 13.3. The normalized spacial score (nSPS) is 12.4. The zero-order valence-corrected chi connectivity index (χ0v) is 11.0. The molecule has 2 aromatic rings. The Balaban J connectivity index is 2.13. The van der Waals surface area contributed by atoms with Crippen LogP contribution in [-0.2, 0) is 7.05 Å². The fraction of sp³-hybridized carbons (Fsp3) is 0.385. The number of nitrogens with zero attached hydrogens (tertiary/aromatic N) is 2. The molecule has 5 heteroatoms. The van der Waals surface area contributed by atoms with Crippen LogP contribution in [0, 0.1) is 13.8 Å². The van der Waals surface area contributed by atoms with Crippen LogP contribution in [0.25, 0.3) is 0 Å². The number of nitrogens with one attached hydrogen (secondary N) is 1. The Morgan fingerprint density at radius 2 is 2.22 bits per heavy atom. The number of amides is 1. The van der Waals surface area contributed by atoms with Gasteiger partial charge in [0.2, 0.25) is 0 Å². The molecule has 5 nitrogen and oxygen atoms in total. The fourth-order valence-electron chi connectivity index (χ4n) is 1.91. The molecule has 0 bridgehead atoms. The Bertz CT molecular complexity index is 569. The molecule has 0 saturated heterocycles. The van der Waals surface area contributed by atoms with Crippen molar-refractivity contribution in [3.63, 3.8) is 0 Å². The minimum Gasteiger partial charge on any atom is -0.469 e. The van der Waals surface area contributed by atoms with E-state index in [4.69, 9.17) is 4.42 Å². The molecule has 0 unspecified atom stereocenters. The van der Waals surface area contributed by atoms with E-state index < -0.39 is 0 Å². The van der Waals surface area contributed by atoms with Gasteiger partial charge < -0.3 is 9.73 Å². The number of carbonyl (C=O) groups excluding carboxylic acids is 1. The molecule has 2 rings (SSSR count). The second-order valence-electron chi connectivity index (χ2n) is 4.39. The molecule has 0 radical (unpaired) electrons. The van der Waals surface area contributed by atoms with Crippen LogP contribution in [0.1, 0.15) is 40.3 Å². The third kappa shape index (κ3) is 2.16. The van der Waals surface area contributed by atoms with E-state index in [1.54, 1.807) is 23.9 Å². The first-order valence-corrected chi connectivity index (χ1v) is 5.84. The Morgan fingerprint density at radius 1 is 1.50 bits per heavy atom. The smallest absolute Gasteiger partial charge is 0.255 e. The number of carbonyl (C=O) groups is 1. The molecule has 2 aromatic heterocycles. The van der Waals surface area contributed by atoms with E-state index in [1.807, 2.05) is 20.9 Å². The molecule has 0 fully saturated rings. The van der Waals surface area contributed by atoms with Gasteiger partial charge in [-0.2, -0.15) is 5.10 Å². The maximum Gasteiger partial charge on any atom is 0.255 e. The summed E-state index contributed by atoms with van der Waals surface area (Å²) < 4.78 is 6.92. The van der Waals surface area contributed by atoms with Crippen LogP contribution < -0.4 is 5.32 Å². The third-order valence-corrected chi connectivity index (χ3v) is 3.19. The second kappa shape index (κ2) is 4.68. The highest BCUT2D eigenvalue weighted by Gasteiger charge is 2.17. The average molecular weight is 247 g/mol. The Hall–Kier alpha value is -2.04. The van der Waals surface area contributed by atoms with Gasteiger partial charge in [0.1, 0.15) is 5.76 Å². The lowest BCUT2D eigenvalue weighted by molar-refractivity contribution is 0.0938. The first-order chi connectivity index (χ1) is 8.50. The van der Waals surface area contributed by atoms with Gasteiger partial charge in [0.05, 0.1) is 24.1 Å². The first-order valence-electron chi connectivity index (χ1n) is 5.84. The minimum atomic E-state index is -0.128. The standard InChI is InChI=1S/C13H17N3O2/c1-8(12-7-14-16(4)9(12)2)15-13(17)11-5-6-18-10(11)3/h5-8H,1-4H3,(H,15,17)/t8-/m0/s1. The summed E-state index contributed by atoms with van der Waals surface area (Å²) in [5.74, 6) is 0.500. The highest BCUT2D eigenvalue weighted by molar-refractivity contribution is 5.95. The van der Waals surface area contributed by atoms with Crippen LogP contribution in [-0.4, -0.2) is 15.7 Å². The van der Waals surface area contributed by atoms with Crippen LogP contribution in [0.3, 0.4) is 0 Å². The molecule has 0 saturated carbocycles. The zero-order valence-electron chi connectivity index (χ0n) is 11.0. The molecular formula is C13H17N3O2. The third-order valence-electron chi connectivity index (χ3n) is 3.19. The molecule has 1 amide bonds. The van der Waals surface area contributed by atoms with E-state index in [0.717, 1.165) is 11.3 Å². The quantitative estimate of drug-likeness (QED) is 0.903. The molecule has 0 aromatic carbocycles. The summed E-state index contributed by atoms with van der Waals surface area (Å²) in [5.41, 5.74) is 2.64. The van der Waals surface area contributed by atoms with Crippen LogP contribution in [0.5, 0.6) is 0 Å². The van der Waals surface area contributed by atoms with Gasteiger partial charge in [-0.15, -0.1) is 0 Å². The van der Waals surface area contributed by atoms with Gasteiger partial charge in [-0.3, -0.25) is 9.48 Å². The molecule has 0 spiro atoms. The van der Waals surface area contributed by atoms with E-state index in [9.17, 15) is 4.79 Å². The predicted octanol–water partition coefficient (Wildman–Crippen LogP) is 2.12. The summed E-state index contributed by atoms with van der Waals surface area (Å²) in [5, 5.41) is 7.11. The topological polar surface area (TPSA) is 60.1 Å². The summed E-state index contributed by atoms with van der Waals surface area (Å²) in [4.78, 5) is 12.0. The van der Waals surface area contributed by atoms with E-state index in [-0.39, 0.29) is 11.9 Å². The van der Waals surface area contributed by atoms with Gasteiger partial charge in [0, 0.05) is 18.3 Å². The maximum atomic E-state index is 12.0. The SMILES string of the molecule is Cc1occc1C(=O)N[C@@H](C)c1cnn(C)c1C. The van der Waals surface area contributed by atoms with Crippen LogP contribution >= 0.6 is 0 Å². The van der Waals surface area contributed by atoms with E-state index in [1.165, 1.54) is 6.26 Å². The lowest BCUT2D eigenvalue weighted by atomic mass is 10.1. The summed E-state index contributed by atoms with van der Waals surface area (Å²) >= 11 is 0. The number of aryl methyl sites for hydroxylation is 2. The van der Waals surface area contributed by atoms with Crippen molar-refractivity contribution in [3.8, 4) is 0 Å². The molecule has 1 atom stereocenters. The summed E-state index contributed by atoms with van der Waals surface area (Å²) in [6.07, 6.45) is 3.30. The van der Waals surface area contributed by atoms with Crippen molar-refractivity contribution in [2.45, 2.75) is 26.8 Å². The number of hydrogen-bond donors (Lipinski definition) is 1.